The summed E-state index contributed by atoms with van der Waals surface area (Å²) in [6.07, 6.45) is 3.28. The van der Waals surface area contributed by atoms with Gasteiger partial charge in [0.15, 0.2) is 0 Å². The van der Waals surface area contributed by atoms with Crippen LogP contribution in [0.1, 0.15) is 18.2 Å². The van der Waals surface area contributed by atoms with Crippen molar-refractivity contribution in [2.75, 3.05) is 13.7 Å². The van der Waals surface area contributed by atoms with Gasteiger partial charge < -0.3 is 9.47 Å². The van der Waals surface area contributed by atoms with Gasteiger partial charge in [-0.2, -0.15) is 10.2 Å². The summed E-state index contributed by atoms with van der Waals surface area (Å²) in [6.45, 7) is 3.84. The average Bonchev–Trinajstić information content (AvgIpc) is 2.81. The molecule has 108 valence electrons. The van der Waals surface area contributed by atoms with Crippen LogP contribution in [-0.2, 0) is 9.53 Å². The Morgan fingerprint density at radius 3 is 2.90 bits per heavy atom. The zero-order valence-corrected chi connectivity index (χ0v) is 12.1. The lowest BCUT2D eigenvalue weighted by Crippen LogP contribution is -2.06. The molecule has 0 atom stereocenters. The van der Waals surface area contributed by atoms with Gasteiger partial charge in [-0.05, 0) is 31.6 Å². The number of methoxy groups -OCH3 is 1. The molecule has 0 aromatic carbocycles. The third-order valence-corrected chi connectivity index (χ3v) is 2.86. The molecule has 6 nitrogen and oxygen atoms in total. The Morgan fingerprint density at radius 2 is 2.29 bits per heavy atom. The molecule has 0 fully saturated rings. The maximum absolute atomic E-state index is 11.7. The molecule has 0 aliphatic carbocycles. The van der Waals surface area contributed by atoms with E-state index in [0.29, 0.717) is 17.2 Å². The van der Waals surface area contributed by atoms with Crippen molar-refractivity contribution in [3.8, 4) is 11.9 Å². The minimum atomic E-state index is -0.662. The van der Waals surface area contributed by atoms with Crippen LogP contribution in [-0.4, -0.2) is 29.1 Å². The van der Waals surface area contributed by atoms with E-state index in [-0.39, 0.29) is 12.2 Å². The van der Waals surface area contributed by atoms with Gasteiger partial charge in [0.05, 0.1) is 13.7 Å². The summed E-state index contributed by atoms with van der Waals surface area (Å²) >= 11 is 0. The molecule has 6 heteroatoms. The number of nitrogens with zero attached hydrogens (tertiary/aromatic N) is 3. The van der Waals surface area contributed by atoms with Gasteiger partial charge in [-0.3, -0.25) is 4.40 Å². The zero-order chi connectivity index (χ0) is 15.4. The highest BCUT2D eigenvalue weighted by Gasteiger charge is 2.16. The number of aryl methyl sites for hydroxylation is 1. The summed E-state index contributed by atoms with van der Waals surface area (Å²) in [5.41, 5.74) is 2.12. The summed E-state index contributed by atoms with van der Waals surface area (Å²) in [6, 6.07) is 5.61. The van der Waals surface area contributed by atoms with Crippen molar-refractivity contribution in [2.24, 2.45) is 0 Å². The van der Waals surface area contributed by atoms with E-state index < -0.39 is 5.97 Å². The van der Waals surface area contributed by atoms with Crippen LogP contribution in [0, 0.1) is 18.3 Å². The highest BCUT2D eigenvalue weighted by atomic mass is 16.5. The lowest BCUT2D eigenvalue weighted by atomic mass is 10.2. The van der Waals surface area contributed by atoms with E-state index in [1.807, 2.05) is 31.3 Å². The number of carbonyl (C=O) groups is 1. The number of rotatable bonds is 4. The Balaban J connectivity index is 2.61. The monoisotopic (exact) mass is 285 g/mol. The number of hydrogen-bond acceptors (Lipinski definition) is 5. The van der Waals surface area contributed by atoms with E-state index >= 15 is 0 Å². The number of pyridine rings is 1. The molecule has 21 heavy (non-hydrogen) atoms. The van der Waals surface area contributed by atoms with Crippen molar-refractivity contribution < 1.29 is 14.3 Å². The van der Waals surface area contributed by atoms with E-state index in [1.54, 1.807) is 11.3 Å². The molecule has 0 saturated heterocycles. The highest BCUT2D eigenvalue weighted by molar-refractivity contribution is 5.98. The molecule has 0 bridgehead atoms. The molecule has 0 N–H and O–H groups in total. The van der Waals surface area contributed by atoms with Crippen LogP contribution in [0.15, 0.2) is 23.9 Å². The lowest BCUT2D eigenvalue weighted by molar-refractivity contribution is -0.137. The molecule has 0 aliphatic heterocycles. The molecule has 0 saturated carbocycles. The first kappa shape index (κ1) is 14.6. The van der Waals surface area contributed by atoms with E-state index in [4.69, 9.17) is 14.7 Å². The second-order valence-electron chi connectivity index (χ2n) is 4.33. The number of imidazole rings is 1. The van der Waals surface area contributed by atoms with Gasteiger partial charge in [0.2, 0.25) is 5.88 Å². The fraction of sp³-hybridized carbons (Fsp3) is 0.267. The van der Waals surface area contributed by atoms with Crippen LogP contribution < -0.4 is 4.74 Å². The summed E-state index contributed by atoms with van der Waals surface area (Å²) in [5, 5.41) is 9.12. The predicted octanol–water partition coefficient (Wildman–Crippen LogP) is 2.12. The predicted molar refractivity (Wildman–Crippen MR) is 76.7 cm³/mol. The quantitative estimate of drug-likeness (QED) is 0.488. The van der Waals surface area contributed by atoms with Crippen LogP contribution in [0.25, 0.3) is 11.7 Å². The van der Waals surface area contributed by atoms with Crippen LogP contribution in [0.2, 0.25) is 0 Å². The van der Waals surface area contributed by atoms with Gasteiger partial charge in [0.1, 0.15) is 23.0 Å². The van der Waals surface area contributed by atoms with Crippen molar-refractivity contribution in [3.05, 3.63) is 35.2 Å². The summed E-state index contributed by atoms with van der Waals surface area (Å²) < 4.78 is 11.8. The van der Waals surface area contributed by atoms with Gasteiger partial charge in [-0.1, -0.05) is 6.07 Å². The number of carbonyl (C=O) groups excluding carboxylic acids is 1. The number of fused-ring (bicyclic) bond motifs is 1. The first-order valence-corrected chi connectivity index (χ1v) is 6.42. The first-order chi connectivity index (χ1) is 10.1. The van der Waals surface area contributed by atoms with E-state index in [2.05, 4.69) is 4.98 Å². The second-order valence-corrected chi connectivity index (χ2v) is 4.33. The Morgan fingerprint density at radius 1 is 1.52 bits per heavy atom. The molecule has 2 aromatic rings. The third-order valence-electron chi connectivity index (χ3n) is 2.86. The molecule has 0 aliphatic rings. The smallest absolute Gasteiger partial charge is 0.348 e. The van der Waals surface area contributed by atoms with E-state index in [9.17, 15) is 4.79 Å². The summed E-state index contributed by atoms with van der Waals surface area (Å²) in [5.74, 6) is -0.317. The van der Waals surface area contributed by atoms with Gasteiger partial charge in [0.25, 0.3) is 0 Å². The summed E-state index contributed by atoms with van der Waals surface area (Å²) in [4.78, 5) is 16.0. The highest BCUT2D eigenvalue weighted by Crippen LogP contribution is 2.23. The van der Waals surface area contributed by atoms with Crippen molar-refractivity contribution in [2.45, 2.75) is 13.8 Å². The van der Waals surface area contributed by atoms with Gasteiger partial charge in [-0.15, -0.1) is 0 Å². The van der Waals surface area contributed by atoms with Crippen molar-refractivity contribution in [1.29, 1.82) is 5.26 Å². The molecule has 2 rings (SSSR count). The van der Waals surface area contributed by atoms with Crippen LogP contribution in [0.3, 0.4) is 0 Å². The second kappa shape index (κ2) is 6.09. The molecule has 2 heterocycles. The fourth-order valence-electron chi connectivity index (χ4n) is 1.91. The van der Waals surface area contributed by atoms with E-state index in [1.165, 1.54) is 13.2 Å². The standard InChI is InChI=1S/C15H15N3O3/c1-4-21-15(19)11(8-16)7-12-14(20-3)17-13-6-5-10(2)9-18(12)13/h5-7,9H,4H2,1-3H3/b11-7+. The van der Waals surface area contributed by atoms with Gasteiger partial charge in [0, 0.05) is 6.20 Å². The Kier molecular flexibility index (Phi) is 4.24. The Bertz CT molecular complexity index is 753. The number of ether oxygens (including phenoxy) is 2. The van der Waals surface area contributed by atoms with Gasteiger partial charge in [-0.25, -0.2) is 4.79 Å². The fourth-order valence-corrected chi connectivity index (χ4v) is 1.91. The van der Waals surface area contributed by atoms with Gasteiger partial charge >= 0.3 is 5.97 Å². The third kappa shape index (κ3) is 2.87. The van der Waals surface area contributed by atoms with Crippen molar-refractivity contribution in [1.82, 2.24) is 9.38 Å². The lowest BCUT2D eigenvalue weighted by Gasteiger charge is -2.02. The Hall–Kier alpha value is -2.81. The number of nitriles is 1. The number of esters is 1. The van der Waals surface area contributed by atoms with E-state index in [0.717, 1.165) is 5.56 Å². The topological polar surface area (TPSA) is 76.6 Å². The van der Waals surface area contributed by atoms with Crippen molar-refractivity contribution in [3.63, 3.8) is 0 Å². The first-order valence-electron chi connectivity index (χ1n) is 6.42. The number of aromatic nitrogens is 2. The molecular weight excluding hydrogens is 270 g/mol. The molecule has 0 radical (unpaired) electrons. The van der Waals surface area contributed by atoms with Crippen LogP contribution in [0.5, 0.6) is 5.88 Å². The Labute approximate surface area is 122 Å². The maximum atomic E-state index is 11.7. The van der Waals surface area contributed by atoms with Crippen molar-refractivity contribution >= 4 is 17.7 Å². The minimum absolute atomic E-state index is 0.0987. The van der Waals surface area contributed by atoms with Crippen LogP contribution in [0.4, 0.5) is 0 Å². The largest absolute Gasteiger partial charge is 0.479 e. The SMILES string of the molecule is CCOC(=O)/C(C#N)=C/c1c(OC)nc2ccc(C)cn12. The minimum Gasteiger partial charge on any atom is -0.479 e. The molecule has 0 unspecified atom stereocenters. The normalized spacial score (nSPS) is 11.2. The summed E-state index contributed by atoms with van der Waals surface area (Å²) in [7, 11) is 1.49. The number of hydrogen-bond donors (Lipinski definition) is 0. The molecule has 2 aromatic heterocycles. The maximum Gasteiger partial charge on any atom is 0.348 e. The average molecular weight is 285 g/mol. The van der Waals surface area contributed by atoms with Crippen LogP contribution >= 0.6 is 0 Å². The molecular formula is C15H15N3O3. The zero-order valence-electron chi connectivity index (χ0n) is 12.1. The molecule has 0 spiro atoms. The molecule has 0 amide bonds.